The molecule has 1 fully saturated rings. The van der Waals surface area contributed by atoms with Crippen LogP contribution in [0.1, 0.15) is 110 Å². The number of ether oxygens (including phenoxy) is 3. The Labute approximate surface area is 242 Å². The molecule has 0 radical (unpaired) electrons. The molecule has 8 atom stereocenters. The van der Waals surface area contributed by atoms with Crippen LogP contribution >= 0.6 is 0 Å². The van der Waals surface area contributed by atoms with Crippen LogP contribution in [-0.2, 0) is 11.2 Å². The smallest absolute Gasteiger partial charge is 0.229 e. The molecule has 0 aromatic heterocycles. The zero-order chi connectivity index (χ0) is 29.4. The first-order valence-corrected chi connectivity index (χ1v) is 15.7. The molecule has 0 saturated carbocycles. The lowest BCUT2D eigenvalue weighted by molar-refractivity contribution is -0.277. The van der Waals surface area contributed by atoms with Gasteiger partial charge in [0.05, 0.1) is 6.61 Å². The van der Waals surface area contributed by atoms with Gasteiger partial charge in [-0.1, -0.05) is 72.6 Å². The Hall–Kier alpha value is -1.38. The van der Waals surface area contributed by atoms with Crippen LogP contribution in [0.25, 0.3) is 0 Å². The normalized spacial score (nSPS) is 30.0. The van der Waals surface area contributed by atoms with E-state index in [2.05, 4.69) is 34.6 Å². The summed E-state index contributed by atoms with van der Waals surface area (Å²) in [6.45, 7) is 13.1. The molecule has 0 amide bonds. The van der Waals surface area contributed by atoms with Gasteiger partial charge in [0.25, 0.3) is 0 Å². The molecule has 40 heavy (non-hydrogen) atoms. The fourth-order valence-corrected chi connectivity index (χ4v) is 6.18. The lowest BCUT2D eigenvalue weighted by Crippen LogP contribution is -2.60. The second-order valence-electron chi connectivity index (χ2n) is 13.5. The van der Waals surface area contributed by atoms with Crippen LogP contribution in [0.3, 0.4) is 0 Å². The number of hydrogen-bond donors (Lipinski definition) is 4. The highest BCUT2D eigenvalue weighted by atomic mass is 16.7. The van der Waals surface area contributed by atoms with Crippen LogP contribution in [0.4, 0.5) is 0 Å². The maximum Gasteiger partial charge on any atom is 0.229 e. The van der Waals surface area contributed by atoms with Crippen LogP contribution in [-0.4, -0.2) is 63.3 Å². The van der Waals surface area contributed by atoms with Crippen LogP contribution in [0.15, 0.2) is 12.1 Å². The Morgan fingerprint density at radius 2 is 1.52 bits per heavy atom. The van der Waals surface area contributed by atoms with Crippen LogP contribution in [0.2, 0.25) is 0 Å². The van der Waals surface area contributed by atoms with Crippen LogP contribution in [0, 0.1) is 24.7 Å². The van der Waals surface area contributed by atoms with Gasteiger partial charge in [-0.05, 0) is 80.5 Å². The monoisotopic (exact) mass is 564 g/mol. The fraction of sp³-hybridized carbons (Fsp3) is 0.818. The molecule has 1 aromatic rings. The number of fused-ring (bicyclic) bond motifs is 1. The van der Waals surface area contributed by atoms with Crippen molar-refractivity contribution in [3.05, 3.63) is 23.3 Å². The molecule has 4 N–H and O–H groups in total. The molecule has 2 aliphatic heterocycles. The Kier molecular flexibility index (Phi) is 12.6. The van der Waals surface area contributed by atoms with E-state index >= 15 is 0 Å². The average Bonchev–Trinajstić information content (AvgIpc) is 2.89. The Bertz CT molecular complexity index is 903. The van der Waals surface area contributed by atoms with Crippen molar-refractivity contribution in [2.24, 2.45) is 17.8 Å². The molecule has 3 unspecified atom stereocenters. The van der Waals surface area contributed by atoms with Gasteiger partial charge < -0.3 is 34.6 Å². The van der Waals surface area contributed by atoms with Gasteiger partial charge in [-0.25, -0.2) is 0 Å². The van der Waals surface area contributed by atoms with E-state index in [0.717, 1.165) is 60.3 Å². The summed E-state index contributed by atoms with van der Waals surface area (Å²) >= 11 is 0. The first-order chi connectivity index (χ1) is 18.9. The quantitative estimate of drug-likeness (QED) is 0.217. The van der Waals surface area contributed by atoms with Crippen molar-refractivity contribution in [3.8, 4) is 11.5 Å². The number of rotatable bonds is 15. The molecule has 2 aliphatic rings. The predicted octanol–water partition coefficient (Wildman–Crippen LogP) is 5.70. The summed E-state index contributed by atoms with van der Waals surface area (Å²) in [7, 11) is 0. The third-order valence-corrected chi connectivity index (χ3v) is 8.97. The zero-order valence-corrected chi connectivity index (χ0v) is 25.8. The summed E-state index contributed by atoms with van der Waals surface area (Å²) in [5.41, 5.74) is 1.80. The van der Waals surface area contributed by atoms with Crippen LogP contribution in [0.5, 0.6) is 11.5 Å². The van der Waals surface area contributed by atoms with Gasteiger partial charge in [0.1, 0.15) is 41.5 Å². The molecule has 1 saturated heterocycles. The summed E-state index contributed by atoms with van der Waals surface area (Å²) in [5.74, 6) is 3.79. The van der Waals surface area contributed by atoms with Gasteiger partial charge in [0.2, 0.25) is 6.29 Å². The van der Waals surface area contributed by atoms with E-state index in [1.807, 2.05) is 19.1 Å². The van der Waals surface area contributed by atoms with Crippen molar-refractivity contribution in [1.82, 2.24) is 0 Å². The maximum atomic E-state index is 10.3. The maximum absolute atomic E-state index is 10.3. The molecule has 7 nitrogen and oxygen atoms in total. The molecule has 0 spiro atoms. The highest BCUT2D eigenvalue weighted by Crippen LogP contribution is 2.41. The molecule has 230 valence electrons. The van der Waals surface area contributed by atoms with E-state index in [4.69, 9.17) is 14.2 Å². The molecule has 2 heterocycles. The number of aryl methyl sites for hydroxylation is 2. The molecular weight excluding hydrogens is 508 g/mol. The second-order valence-corrected chi connectivity index (χ2v) is 13.5. The molecule has 7 heteroatoms. The number of aliphatic hydroxyl groups is 4. The molecule has 3 rings (SSSR count). The van der Waals surface area contributed by atoms with Crippen molar-refractivity contribution in [1.29, 1.82) is 0 Å². The van der Waals surface area contributed by atoms with Crippen molar-refractivity contribution < 1.29 is 34.6 Å². The fourth-order valence-electron chi connectivity index (χ4n) is 6.18. The molecule has 1 aromatic carbocycles. The van der Waals surface area contributed by atoms with Crippen molar-refractivity contribution in [2.45, 2.75) is 148 Å². The van der Waals surface area contributed by atoms with Gasteiger partial charge in [-0.2, -0.15) is 0 Å². The third kappa shape index (κ3) is 9.32. The molecular formula is C33H56O7. The van der Waals surface area contributed by atoms with E-state index in [1.54, 1.807) is 0 Å². The number of hydrogen-bond acceptors (Lipinski definition) is 7. The first-order valence-electron chi connectivity index (χ1n) is 15.7. The largest absolute Gasteiger partial charge is 0.487 e. The SMILES string of the molecule is Cc1cc(O[C@@H]2O[C@H](CO)[C@H](O)[C@H](O)[C@H]2O)cc2c1OC(C)(CCCC(C)CCCC(C)CCCC(C)C)CC2. The number of aliphatic hydroxyl groups excluding tert-OH is 4. The van der Waals surface area contributed by atoms with Crippen LogP contribution < -0.4 is 9.47 Å². The molecule has 0 bridgehead atoms. The van der Waals surface area contributed by atoms with Gasteiger partial charge in [-0.15, -0.1) is 0 Å². The predicted molar refractivity (Wildman–Crippen MR) is 158 cm³/mol. The highest BCUT2D eigenvalue weighted by molar-refractivity contribution is 5.48. The minimum Gasteiger partial charge on any atom is -0.487 e. The lowest BCUT2D eigenvalue weighted by atomic mass is 9.85. The van der Waals surface area contributed by atoms with Gasteiger partial charge >= 0.3 is 0 Å². The lowest BCUT2D eigenvalue weighted by Gasteiger charge is -2.40. The van der Waals surface area contributed by atoms with Gasteiger partial charge in [0, 0.05) is 0 Å². The third-order valence-electron chi connectivity index (χ3n) is 8.97. The highest BCUT2D eigenvalue weighted by Gasteiger charge is 2.45. The second kappa shape index (κ2) is 15.2. The average molecular weight is 565 g/mol. The Morgan fingerprint density at radius 1 is 0.900 bits per heavy atom. The van der Waals surface area contributed by atoms with Crippen molar-refractivity contribution in [2.75, 3.05) is 6.61 Å². The van der Waals surface area contributed by atoms with Crippen molar-refractivity contribution >= 4 is 0 Å². The summed E-state index contributed by atoms with van der Waals surface area (Å²) in [5, 5.41) is 39.9. The van der Waals surface area contributed by atoms with E-state index in [1.165, 1.54) is 44.9 Å². The van der Waals surface area contributed by atoms with E-state index < -0.39 is 37.3 Å². The van der Waals surface area contributed by atoms with Crippen molar-refractivity contribution in [3.63, 3.8) is 0 Å². The summed E-state index contributed by atoms with van der Waals surface area (Å²) in [6, 6.07) is 3.74. The van der Waals surface area contributed by atoms with E-state index in [-0.39, 0.29) is 5.60 Å². The first kappa shape index (κ1) is 33.1. The van der Waals surface area contributed by atoms with E-state index in [9.17, 15) is 20.4 Å². The Balaban J connectivity index is 1.45. The van der Waals surface area contributed by atoms with Gasteiger partial charge in [-0.3, -0.25) is 0 Å². The van der Waals surface area contributed by atoms with E-state index in [0.29, 0.717) is 5.75 Å². The summed E-state index contributed by atoms with van der Waals surface area (Å²) in [6.07, 6.45) is 6.77. The summed E-state index contributed by atoms with van der Waals surface area (Å²) in [4.78, 5) is 0. The minimum atomic E-state index is -1.47. The minimum absolute atomic E-state index is 0.192. The van der Waals surface area contributed by atoms with Gasteiger partial charge in [0.15, 0.2) is 0 Å². The molecule has 0 aliphatic carbocycles. The summed E-state index contributed by atoms with van der Waals surface area (Å²) < 4.78 is 18.0. The standard InChI is InChI=1S/C33H56O7/c1-21(2)10-7-11-22(3)12-8-13-23(4)14-9-16-33(6)17-15-25-19-26(18-24(5)31(25)40-33)38-32-30(37)29(36)28(35)27(20-34)39-32/h18-19,21-23,27-30,32,34-37H,7-17,20H2,1-6H3/t22?,23?,27-,28+,29+,30-,32-,33?/m1/s1. The zero-order valence-electron chi connectivity index (χ0n) is 25.8. The number of benzene rings is 1. The Morgan fingerprint density at radius 3 is 2.15 bits per heavy atom. The topological polar surface area (TPSA) is 109 Å².